The molecule has 0 atom stereocenters. The van der Waals surface area contributed by atoms with Crippen LogP contribution in [0.3, 0.4) is 0 Å². The van der Waals surface area contributed by atoms with Crippen LogP contribution in [0.15, 0.2) is 38.4 Å². The highest BCUT2D eigenvalue weighted by Gasteiger charge is 2.18. The first-order valence-corrected chi connectivity index (χ1v) is 11.7. The summed E-state index contributed by atoms with van der Waals surface area (Å²) >= 11 is 6.45. The van der Waals surface area contributed by atoms with Crippen LogP contribution in [0.5, 0.6) is 0 Å². The molecule has 4 rings (SSSR count). The van der Waals surface area contributed by atoms with Crippen molar-refractivity contribution in [3.63, 3.8) is 0 Å². The van der Waals surface area contributed by atoms with Crippen LogP contribution in [-0.2, 0) is 29.0 Å². The molecule has 0 fully saturated rings. The van der Waals surface area contributed by atoms with Gasteiger partial charge in [0.25, 0.3) is 5.56 Å². The maximum absolute atomic E-state index is 12.5. The molecule has 146 valence electrons. The quantitative estimate of drug-likeness (QED) is 0.397. The molecule has 5 nitrogen and oxygen atoms in total. The molecule has 0 radical (unpaired) electrons. The number of fused-ring (bicyclic) bond motifs is 3. The maximum Gasteiger partial charge on any atom is 0.316 e. The maximum atomic E-state index is 12.5. The highest BCUT2D eigenvalue weighted by atomic mass is 79.9. The van der Waals surface area contributed by atoms with Gasteiger partial charge in [-0.05, 0) is 56.4 Å². The number of thioether (sulfide) groups is 1. The minimum Gasteiger partial charge on any atom is -0.459 e. The summed E-state index contributed by atoms with van der Waals surface area (Å²) < 4.78 is 8.08. The van der Waals surface area contributed by atoms with Gasteiger partial charge in [-0.2, -0.15) is 0 Å². The number of esters is 1. The van der Waals surface area contributed by atoms with E-state index in [2.05, 4.69) is 20.9 Å². The van der Waals surface area contributed by atoms with E-state index in [1.165, 1.54) is 22.7 Å². The monoisotopic (exact) mass is 478 g/mol. The molecule has 0 spiro atoms. The number of carbonyl (C=O) groups is 1. The van der Waals surface area contributed by atoms with Crippen LogP contribution in [0.2, 0.25) is 0 Å². The van der Waals surface area contributed by atoms with Gasteiger partial charge in [0.2, 0.25) is 0 Å². The lowest BCUT2D eigenvalue weighted by Crippen LogP contribution is -2.19. The van der Waals surface area contributed by atoms with E-state index in [9.17, 15) is 9.59 Å². The molecule has 3 aromatic rings. The molecule has 0 saturated heterocycles. The topological polar surface area (TPSA) is 60.7 Å². The van der Waals surface area contributed by atoms with Gasteiger partial charge in [0.05, 0.1) is 11.4 Å². The Morgan fingerprint density at radius 1 is 1.32 bits per heavy atom. The standard InChI is InChI=1S/C20H19BrN2O3S2/c1-12-8-13(21)6-7-16(12)27-11-19(25)26-10-14-9-18(24)23-15-4-2-3-5-17(15)28-20(23)22-14/h6-9H,2-5,10-11H2,1H3. The minimum absolute atomic E-state index is 0.0209. The fourth-order valence-corrected chi connectivity index (χ4v) is 5.84. The van der Waals surface area contributed by atoms with E-state index in [0.29, 0.717) is 10.7 Å². The molecular formula is C20H19BrN2O3S2. The predicted molar refractivity (Wildman–Crippen MR) is 115 cm³/mol. The van der Waals surface area contributed by atoms with Gasteiger partial charge in [-0.25, -0.2) is 4.98 Å². The van der Waals surface area contributed by atoms with E-state index in [4.69, 9.17) is 4.74 Å². The fourth-order valence-electron chi connectivity index (χ4n) is 3.32. The molecule has 0 N–H and O–H groups in total. The zero-order valence-electron chi connectivity index (χ0n) is 15.4. The third kappa shape index (κ3) is 4.18. The van der Waals surface area contributed by atoms with Crippen molar-refractivity contribution in [2.75, 3.05) is 5.75 Å². The van der Waals surface area contributed by atoms with Gasteiger partial charge in [-0.3, -0.25) is 14.0 Å². The minimum atomic E-state index is -0.320. The molecule has 8 heteroatoms. The summed E-state index contributed by atoms with van der Waals surface area (Å²) in [7, 11) is 0. The van der Waals surface area contributed by atoms with Crippen LogP contribution in [-0.4, -0.2) is 21.1 Å². The Hall–Kier alpha value is -1.64. The summed E-state index contributed by atoms with van der Waals surface area (Å²) in [6.45, 7) is 2.03. The number of ether oxygens (including phenoxy) is 1. The van der Waals surface area contributed by atoms with Gasteiger partial charge in [0.1, 0.15) is 6.61 Å². The van der Waals surface area contributed by atoms with Crippen LogP contribution in [0.1, 0.15) is 34.7 Å². The summed E-state index contributed by atoms with van der Waals surface area (Å²) in [6.07, 6.45) is 4.21. The van der Waals surface area contributed by atoms with Crippen molar-refractivity contribution in [2.24, 2.45) is 0 Å². The number of carbonyl (C=O) groups excluding carboxylic acids is 1. The fraction of sp³-hybridized carbons (Fsp3) is 0.350. The highest BCUT2D eigenvalue weighted by molar-refractivity contribution is 9.10. The highest BCUT2D eigenvalue weighted by Crippen LogP contribution is 2.28. The Morgan fingerprint density at radius 2 is 2.14 bits per heavy atom. The summed E-state index contributed by atoms with van der Waals surface area (Å²) in [5.74, 6) is -0.100. The molecule has 1 aliphatic carbocycles. The van der Waals surface area contributed by atoms with Crippen molar-refractivity contribution in [1.29, 1.82) is 0 Å². The summed E-state index contributed by atoms with van der Waals surface area (Å²) in [5.41, 5.74) is 2.62. The third-order valence-electron chi connectivity index (χ3n) is 4.68. The summed E-state index contributed by atoms with van der Waals surface area (Å²) in [6, 6.07) is 7.43. The lowest BCUT2D eigenvalue weighted by molar-refractivity contribution is -0.141. The lowest BCUT2D eigenvalue weighted by Gasteiger charge is -2.10. The van der Waals surface area contributed by atoms with E-state index < -0.39 is 0 Å². The number of benzene rings is 1. The molecule has 0 saturated carbocycles. The molecule has 0 bridgehead atoms. The van der Waals surface area contributed by atoms with Crippen LogP contribution in [0, 0.1) is 6.92 Å². The van der Waals surface area contributed by atoms with Gasteiger partial charge in [0.15, 0.2) is 4.96 Å². The number of aromatic nitrogens is 2. The first-order valence-electron chi connectivity index (χ1n) is 9.09. The van der Waals surface area contributed by atoms with Gasteiger partial charge in [-0.15, -0.1) is 23.1 Å². The zero-order chi connectivity index (χ0) is 19.7. The Kier molecular flexibility index (Phi) is 5.89. The first kappa shape index (κ1) is 19.7. The lowest BCUT2D eigenvalue weighted by atomic mass is 10.0. The first-order chi connectivity index (χ1) is 13.5. The summed E-state index contributed by atoms with van der Waals surface area (Å²) in [4.78, 5) is 32.2. The molecule has 1 aromatic carbocycles. The number of halogens is 1. The molecule has 1 aliphatic rings. The molecule has 2 aromatic heterocycles. The predicted octanol–water partition coefficient (Wildman–Crippen LogP) is 4.54. The number of nitrogens with zero attached hydrogens (tertiary/aromatic N) is 2. The van der Waals surface area contributed by atoms with Gasteiger partial charge >= 0.3 is 5.97 Å². The smallest absolute Gasteiger partial charge is 0.316 e. The average Bonchev–Trinajstić information content (AvgIpc) is 3.04. The Labute approximate surface area is 179 Å². The van der Waals surface area contributed by atoms with E-state index in [1.807, 2.05) is 25.1 Å². The Morgan fingerprint density at radius 3 is 2.96 bits per heavy atom. The molecular weight excluding hydrogens is 460 g/mol. The average molecular weight is 479 g/mol. The molecule has 0 unspecified atom stereocenters. The number of thiazole rings is 1. The second kappa shape index (κ2) is 8.39. The van der Waals surface area contributed by atoms with E-state index >= 15 is 0 Å². The van der Waals surface area contributed by atoms with E-state index in [1.54, 1.807) is 15.7 Å². The summed E-state index contributed by atoms with van der Waals surface area (Å²) in [5, 5.41) is 0. The number of hydrogen-bond acceptors (Lipinski definition) is 6. The second-order valence-corrected chi connectivity index (χ2v) is 9.74. The van der Waals surface area contributed by atoms with Crippen LogP contribution in [0.25, 0.3) is 4.96 Å². The van der Waals surface area contributed by atoms with Gasteiger partial charge in [0, 0.05) is 26.0 Å². The Bertz CT molecular complexity index is 1110. The van der Waals surface area contributed by atoms with Crippen molar-refractivity contribution in [3.8, 4) is 0 Å². The number of aryl methyl sites for hydroxylation is 3. The van der Waals surface area contributed by atoms with Gasteiger partial charge < -0.3 is 4.74 Å². The second-order valence-electron chi connectivity index (χ2n) is 6.74. The van der Waals surface area contributed by atoms with Crippen molar-refractivity contribution < 1.29 is 9.53 Å². The molecule has 2 heterocycles. The van der Waals surface area contributed by atoms with Crippen molar-refractivity contribution >= 4 is 50.0 Å². The SMILES string of the molecule is Cc1cc(Br)ccc1SCC(=O)OCc1cc(=O)n2c3c(sc2n1)CCCC3. The third-order valence-corrected chi connectivity index (χ3v) is 7.46. The van der Waals surface area contributed by atoms with E-state index in [-0.39, 0.29) is 23.9 Å². The van der Waals surface area contributed by atoms with Crippen molar-refractivity contribution in [1.82, 2.24) is 9.38 Å². The molecule has 28 heavy (non-hydrogen) atoms. The van der Waals surface area contributed by atoms with Crippen LogP contribution >= 0.6 is 39.0 Å². The van der Waals surface area contributed by atoms with Crippen molar-refractivity contribution in [3.05, 3.63) is 60.9 Å². The van der Waals surface area contributed by atoms with Crippen molar-refractivity contribution in [2.45, 2.75) is 44.1 Å². The van der Waals surface area contributed by atoms with Gasteiger partial charge in [-0.1, -0.05) is 15.9 Å². The van der Waals surface area contributed by atoms with E-state index in [0.717, 1.165) is 46.3 Å². The molecule has 0 aliphatic heterocycles. The number of rotatable bonds is 5. The van der Waals surface area contributed by atoms with Crippen LogP contribution < -0.4 is 5.56 Å². The normalized spacial score (nSPS) is 13.5. The zero-order valence-corrected chi connectivity index (χ0v) is 18.6. The largest absolute Gasteiger partial charge is 0.459 e. The van der Waals surface area contributed by atoms with Crippen LogP contribution in [0.4, 0.5) is 0 Å². The molecule has 0 amide bonds. The number of hydrogen-bond donors (Lipinski definition) is 0. The Balaban J connectivity index is 1.41.